The number of benzene rings is 2. The van der Waals surface area contributed by atoms with Crippen LogP contribution in [0.15, 0.2) is 51.4 Å². The Morgan fingerprint density at radius 1 is 1.04 bits per heavy atom. The van der Waals surface area contributed by atoms with E-state index in [9.17, 15) is 14.4 Å². The molecule has 2 aromatic rings. The molecular formula is C19H17Br2NO5. The van der Waals surface area contributed by atoms with Crippen LogP contribution >= 0.6 is 31.9 Å². The van der Waals surface area contributed by atoms with Gasteiger partial charge in [-0.2, -0.15) is 0 Å². The fraction of sp³-hybridized carbons (Fsp3) is 0.211. The summed E-state index contributed by atoms with van der Waals surface area (Å²) in [5.74, 6) is -0.901. The first kappa shape index (κ1) is 21.1. The van der Waals surface area contributed by atoms with Gasteiger partial charge in [0, 0.05) is 15.4 Å². The minimum absolute atomic E-state index is 0.0441. The van der Waals surface area contributed by atoms with Crippen LogP contribution in [-0.4, -0.2) is 31.4 Å². The average Bonchev–Trinajstić information content (AvgIpc) is 2.66. The van der Waals surface area contributed by atoms with E-state index >= 15 is 0 Å². The molecule has 0 saturated carbocycles. The maximum atomic E-state index is 12.3. The third kappa shape index (κ3) is 6.48. The Labute approximate surface area is 173 Å². The number of methoxy groups -OCH3 is 1. The van der Waals surface area contributed by atoms with Gasteiger partial charge in [0.25, 0.3) is 5.91 Å². The zero-order valence-corrected chi connectivity index (χ0v) is 17.6. The molecule has 0 spiro atoms. The first-order chi connectivity index (χ1) is 12.9. The lowest BCUT2D eigenvalue weighted by molar-refractivity contribution is -0.147. The lowest BCUT2D eigenvalue weighted by Gasteiger charge is -2.09. The number of hydrogen-bond acceptors (Lipinski definition) is 5. The van der Waals surface area contributed by atoms with E-state index in [4.69, 9.17) is 9.47 Å². The maximum Gasteiger partial charge on any atom is 0.306 e. The standard InChI is InChI=1S/C19H17Br2NO5/c1-26-17-8-6-12(20)10-13(17)16(23)7-9-19(25)27-11-18(24)22-15-5-3-2-4-14(15)21/h2-6,8,10H,7,9,11H2,1H3,(H,22,24). The van der Waals surface area contributed by atoms with Gasteiger partial charge in [0.05, 0.1) is 24.8 Å². The van der Waals surface area contributed by atoms with Gasteiger partial charge < -0.3 is 14.8 Å². The largest absolute Gasteiger partial charge is 0.496 e. The Balaban J connectivity index is 1.81. The Hall–Kier alpha value is -2.19. The van der Waals surface area contributed by atoms with Crippen molar-refractivity contribution in [3.63, 3.8) is 0 Å². The van der Waals surface area contributed by atoms with Crippen molar-refractivity contribution in [3.05, 3.63) is 57.0 Å². The van der Waals surface area contributed by atoms with Crippen LogP contribution in [0.5, 0.6) is 5.75 Å². The van der Waals surface area contributed by atoms with Crippen LogP contribution in [0.1, 0.15) is 23.2 Å². The highest BCUT2D eigenvalue weighted by molar-refractivity contribution is 9.10. The Bertz CT molecular complexity index is 854. The quantitative estimate of drug-likeness (QED) is 0.431. The van der Waals surface area contributed by atoms with Crippen molar-refractivity contribution >= 4 is 55.2 Å². The van der Waals surface area contributed by atoms with Crippen LogP contribution in [0.25, 0.3) is 0 Å². The highest BCUT2D eigenvalue weighted by Gasteiger charge is 2.16. The number of carbonyl (C=O) groups is 3. The molecule has 1 N–H and O–H groups in total. The third-order valence-electron chi connectivity index (χ3n) is 3.53. The van der Waals surface area contributed by atoms with Crippen molar-refractivity contribution < 1.29 is 23.9 Å². The number of amides is 1. The molecule has 0 aliphatic carbocycles. The SMILES string of the molecule is COc1ccc(Br)cc1C(=O)CCC(=O)OCC(=O)Nc1ccccc1Br. The van der Waals surface area contributed by atoms with Crippen LogP contribution in [-0.2, 0) is 14.3 Å². The number of nitrogens with one attached hydrogen (secondary N) is 1. The lowest BCUT2D eigenvalue weighted by Crippen LogP contribution is -2.21. The first-order valence-electron chi connectivity index (χ1n) is 7.97. The predicted molar refractivity (Wildman–Crippen MR) is 108 cm³/mol. The molecule has 2 rings (SSSR count). The summed E-state index contributed by atoms with van der Waals surface area (Å²) >= 11 is 6.61. The van der Waals surface area contributed by atoms with Gasteiger partial charge in [0.15, 0.2) is 12.4 Å². The van der Waals surface area contributed by atoms with Crippen molar-refractivity contribution in [1.82, 2.24) is 0 Å². The molecular weight excluding hydrogens is 482 g/mol. The van der Waals surface area contributed by atoms with E-state index in [0.717, 1.165) is 8.95 Å². The molecule has 0 bridgehead atoms. The van der Waals surface area contributed by atoms with E-state index in [1.54, 1.807) is 36.4 Å². The van der Waals surface area contributed by atoms with Crippen molar-refractivity contribution in [2.75, 3.05) is 19.0 Å². The Morgan fingerprint density at radius 3 is 2.48 bits per heavy atom. The van der Waals surface area contributed by atoms with E-state index in [1.807, 2.05) is 6.07 Å². The van der Waals surface area contributed by atoms with E-state index in [1.165, 1.54) is 7.11 Å². The molecule has 2 aromatic carbocycles. The lowest BCUT2D eigenvalue weighted by atomic mass is 10.1. The summed E-state index contributed by atoms with van der Waals surface area (Å²) in [5.41, 5.74) is 0.960. The summed E-state index contributed by atoms with van der Waals surface area (Å²) in [6, 6.07) is 12.1. The fourth-order valence-electron chi connectivity index (χ4n) is 2.22. The second kappa shape index (κ2) is 10.2. The minimum Gasteiger partial charge on any atom is -0.496 e. The van der Waals surface area contributed by atoms with Gasteiger partial charge in [-0.15, -0.1) is 0 Å². The average molecular weight is 499 g/mol. The molecule has 0 aliphatic rings. The molecule has 8 heteroatoms. The molecule has 6 nitrogen and oxygen atoms in total. The van der Waals surface area contributed by atoms with Crippen molar-refractivity contribution in [2.24, 2.45) is 0 Å². The summed E-state index contributed by atoms with van der Waals surface area (Å²) in [6.45, 7) is -0.422. The summed E-state index contributed by atoms with van der Waals surface area (Å²) in [6.07, 6.45) is -0.172. The molecule has 0 aliphatic heterocycles. The molecule has 1 amide bonds. The van der Waals surface area contributed by atoms with Gasteiger partial charge in [0.1, 0.15) is 5.75 Å². The van der Waals surface area contributed by atoms with Gasteiger partial charge in [-0.3, -0.25) is 14.4 Å². The van der Waals surface area contributed by atoms with Gasteiger partial charge in [-0.25, -0.2) is 0 Å². The molecule has 0 heterocycles. The second-order valence-corrected chi connectivity index (χ2v) is 7.23. The minimum atomic E-state index is -0.625. The number of ether oxygens (including phenoxy) is 2. The smallest absolute Gasteiger partial charge is 0.306 e. The van der Waals surface area contributed by atoms with Crippen LogP contribution in [0.3, 0.4) is 0 Å². The first-order valence-corrected chi connectivity index (χ1v) is 9.56. The van der Waals surface area contributed by atoms with E-state index in [2.05, 4.69) is 37.2 Å². The summed E-state index contributed by atoms with van der Waals surface area (Å²) in [7, 11) is 1.47. The van der Waals surface area contributed by atoms with E-state index in [0.29, 0.717) is 17.0 Å². The predicted octanol–water partition coefficient (Wildman–Crippen LogP) is 4.37. The monoisotopic (exact) mass is 497 g/mol. The van der Waals surface area contributed by atoms with Crippen LogP contribution in [0.4, 0.5) is 5.69 Å². The van der Waals surface area contributed by atoms with Gasteiger partial charge in [0.2, 0.25) is 0 Å². The van der Waals surface area contributed by atoms with Crippen LogP contribution in [0.2, 0.25) is 0 Å². The topological polar surface area (TPSA) is 81.7 Å². The molecule has 142 valence electrons. The fourth-order valence-corrected chi connectivity index (χ4v) is 2.96. The molecule has 0 unspecified atom stereocenters. The van der Waals surface area contributed by atoms with E-state index in [-0.39, 0.29) is 18.6 Å². The number of esters is 1. The van der Waals surface area contributed by atoms with E-state index < -0.39 is 18.5 Å². The molecule has 27 heavy (non-hydrogen) atoms. The number of hydrogen-bond donors (Lipinski definition) is 1. The number of anilines is 1. The van der Waals surface area contributed by atoms with Crippen LogP contribution < -0.4 is 10.1 Å². The van der Waals surface area contributed by atoms with Crippen molar-refractivity contribution in [1.29, 1.82) is 0 Å². The van der Waals surface area contributed by atoms with Crippen molar-refractivity contribution in [2.45, 2.75) is 12.8 Å². The maximum absolute atomic E-state index is 12.3. The molecule has 0 saturated heterocycles. The summed E-state index contributed by atoms with van der Waals surface area (Å²) < 4.78 is 11.5. The van der Waals surface area contributed by atoms with Gasteiger partial charge in [-0.05, 0) is 46.3 Å². The Morgan fingerprint density at radius 2 is 1.78 bits per heavy atom. The number of rotatable bonds is 8. The number of Topliss-reactive ketones (excluding diaryl/α,β-unsaturated/α-hetero) is 1. The van der Waals surface area contributed by atoms with Crippen molar-refractivity contribution in [3.8, 4) is 5.75 Å². The zero-order chi connectivity index (χ0) is 19.8. The molecule has 0 aromatic heterocycles. The summed E-state index contributed by atoms with van der Waals surface area (Å²) in [4.78, 5) is 36.0. The number of ketones is 1. The van der Waals surface area contributed by atoms with Gasteiger partial charge in [-0.1, -0.05) is 28.1 Å². The summed E-state index contributed by atoms with van der Waals surface area (Å²) in [5, 5.41) is 2.63. The number of para-hydroxylation sites is 1. The normalized spacial score (nSPS) is 10.2. The molecule has 0 atom stereocenters. The molecule has 0 radical (unpaired) electrons. The number of carbonyl (C=O) groups excluding carboxylic acids is 3. The second-order valence-electron chi connectivity index (χ2n) is 5.46. The highest BCUT2D eigenvalue weighted by Crippen LogP contribution is 2.24. The zero-order valence-electron chi connectivity index (χ0n) is 14.5. The molecule has 0 fully saturated rings. The van der Waals surface area contributed by atoms with Gasteiger partial charge >= 0.3 is 5.97 Å². The third-order valence-corrected chi connectivity index (χ3v) is 4.72. The number of halogens is 2. The highest BCUT2D eigenvalue weighted by atomic mass is 79.9. The van der Waals surface area contributed by atoms with Crippen LogP contribution in [0, 0.1) is 0 Å². The Kier molecular flexibility index (Phi) is 7.99.